The number of anilines is 1. The Morgan fingerprint density at radius 1 is 0.968 bits per heavy atom. The highest BCUT2D eigenvalue weighted by Gasteiger charge is 2.39. The van der Waals surface area contributed by atoms with E-state index < -0.39 is 0 Å². The van der Waals surface area contributed by atoms with Crippen molar-refractivity contribution in [2.75, 3.05) is 18.5 Å². The fourth-order valence-electron chi connectivity index (χ4n) is 3.42. The highest BCUT2D eigenvalue weighted by atomic mass is 35.5. The molecule has 0 saturated carbocycles. The normalized spacial score (nSPS) is 14.2. The van der Waals surface area contributed by atoms with Crippen LogP contribution in [0.5, 0.6) is 0 Å². The number of imide groups is 1. The van der Waals surface area contributed by atoms with Gasteiger partial charge in [0.1, 0.15) is 5.70 Å². The number of carbonyl (C=O) groups is 2. The van der Waals surface area contributed by atoms with E-state index in [2.05, 4.69) is 5.32 Å². The van der Waals surface area contributed by atoms with Crippen molar-refractivity contribution in [3.05, 3.63) is 69.4 Å². The number of carbonyl (C=O) groups excluding carboxylic acids is 2. The molecule has 0 radical (unpaired) electrons. The van der Waals surface area contributed by atoms with Gasteiger partial charge in [0.05, 0.1) is 11.7 Å². The molecule has 1 N–H and O–H groups in total. The zero-order valence-corrected chi connectivity index (χ0v) is 19.5. The lowest BCUT2D eigenvalue weighted by Gasteiger charge is -2.16. The Labute approximate surface area is 189 Å². The summed E-state index contributed by atoms with van der Waals surface area (Å²) in [6, 6.07) is 11.3. The molecule has 0 saturated heterocycles. The van der Waals surface area contributed by atoms with Gasteiger partial charge in [0.2, 0.25) is 0 Å². The van der Waals surface area contributed by atoms with Crippen LogP contribution in [0, 0.1) is 20.8 Å². The summed E-state index contributed by atoms with van der Waals surface area (Å²) < 4.78 is 5.57. The van der Waals surface area contributed by atoms with Gasteiger partial charge in [-0.15, -0.1) is 0 Å². The number of halogens is 1. The lowest BCUT2D eigenvalue weighted by Crippen LogP contribution is -2.34. The molecule has 2 aromatic rings. The van der Waals surface area contributed by atoms with Gasteiger partial charge in [0, 0.05) is 23.9 Å². The van der Waals surface area contributed by atoms with Gasteiger partial charge in [0.15, 0.2) is 0 Å². The molecular formula is C25H29ClN2O3. The highest BCUT2D eigenvalue weighted by molar-refractivity contribution is 6.36. The molecule has 2 amide bonds. The summed E-state index contributed by atoms with van der Waals surface area (Å²) in [7, 11) is 0. The standard InChI is InChI=1S/C25H29ClN2O3/c1-15(2)31-12-6-11-28-24(29)22(19-9-7-16(3)18(5)13-19)23(25(28)30)27-20-10-8-17(4)21(26)14-20/h7-10,13-15,27H,6,11-12H2,1-5H3. The largest absolute Gasteiger partial charge is 0.379 e. The van der Waals surface area contributed by atoms with Crippen LogP contribution < -0.4 is 5.32 Å². The van der Waals surface area contributed by atoms with E-state index in [1.165, 1.54) is 4.90 Å². The molecular weight excluding hydrogens is 412 g/mol. The molecule has 0 atom stereocenters. The third-order valence-corrected chi connectivity index (χ3v) is 5.79. The molecule has 0 spiro atoms. The maximum Gasteiger partial charge on any atom is 0.278 e. The fourth-order valence-corrected chi connectivity index (χ4v) is 3.60. The Bertz CT molecular complexity index is 1040. The zero-order valence-electron chi connectivity index (χ0n) is 18.7. The van der Waals surface area contributed by atoms with Gasteiger partial charge in [-0.2, -0.15) is 0 Å². The van der Waals surface area contributed by atoms with Crippen LogP contribution in [-0.2, 0) is 14.3 Å². The first-order chi connectivity index (χ1) is 14.7. The molecule has 0 unspecified atom stereocenters. The third-order valence-electron chi connectivity index (χ3n) is 5.38. The number of hydrogen-bond donors (Lipinski definition) is 1. The first-order valence-corrected chi connectivity index (χ1v) is 10.9. The maximum absolute atomic E-state index is 13.3. The van der Waals surface area contributed by atoms with Crippen LogP contribution in [0.4, 0.5) is 5.69 Å². The number of hydrogen-bond acceptors (Lipinski definition) is 4. The second kappa shape index (κ2) is 9.67. The molecule has 5 nitrogen and oxygen atoms in total. The predicted molar refractivity (Wildman–Crippen MR) is 125 cm³/mol. The van der Waals surface area contributed by atoms with Gasteiger partial charge in [-0.3, -0.25) is 14.5 Å². The molecule has 1 aliphatic heterocycles. The quantitative estimate of drug-likeness (QED) is 0.448. The molecule has 3 rings (SSSR count). The van der Waals surface area contributed by atoms with Crippen molar-refractivity contribution in [2.45, 2.75) is 47.1 Å². The van der Waals surface area contributed by atoms with Crippen LogP contribution in [0.15, 0.2) is 42.1 Å². The van der Waals surface area contributed by atoms with Gasteiger partial charge in [-0.25, -0.2) is 0 Å². The Morgan fingerprint density at radius 3 is 2.32 bits per heavy atom. The summed E-state index contributed by atoms with van der Waals surface area (Å²) >= 11 is 6.26. The van der Waals surface area contributed by atoms with Crippen molar-refractivity contribution in [3.63, 3.8) is 0 Å². The monoisotopic (exact) mass is 440 g/mol. The number of ether oxygens (including phenoxy) is 1. The highest BCUT2D eigenvalue weighted by Crippen LogP contribution is 2.32. The van der Waals surface area contributed by atoms with Gasteiger partial charge in [-0.05, 0) is 75.4 Å². The smallest absolute Gasteiger partial charge is 0.278 e. The molecule has 6 heteroatoms. The summed E-state index contributed by atoms with van der Waals surface area (Å²) in [6.07, 6.45) is 0.692. The minimum Gasteiger partial charge on any atom is -0.379 e. The van der Waals surface area contributed by atoms with Crippen LogP contribution in [0.2, 0.25) is 5.02 Å². The number of aryl methyl sites for hydroxylation is 3. The average Bonchev–Trinajstić information content (AvgIpc) is 2.94. The van der Waals surface area contributed by atoms with Crippen molar-refractivity contribution < 1.29 is 14.3 Å². The van der Waals surface area contributed by atoms with Crippen molar-refractivity contribution in [2.24, 2.45) is 0 Å². The number of amides is 2. The number of benzene rings is 2. The minimum atomic E-state index is -0.334. The first-order valence-electron chi connectivity index (χ1n) is 10.5. The first kappa shape index (κ1) is 23.0. The summed E-state index contributed by atoms with van der Waals surface area (Å²) in [5.41, 5.74) is 5.18. The van der Waals surface area contributed by atoms with Gasteiger partial charge >= 0.3 is 0 Å². The Kier molecular flexibility index (Phi) is 7.19. The Hall–Kier alpha value is -2.63. The van der Waals surface area contributed by atoms with E-state index in [-0.39, 0.29) is 23.6 Å². The Morgan fingerprint density at radius 2 is 1.68 bits per heavy atom. The minimum absolute atomic E-state index is 0.109. The molecule has 164 valence electrons. The maximum atomic E-state index is 13.3. The van der Waals surface area contributed by atoms with E-state index in [4.69, 9.17) is 16.3 Å². The topological polar surface area (TPSA) is 58.6 Å². The second-order valence-corrected chi connectivity index (χ2v) is 8.58. The average molecular weight is 441 g/mol. The van der Waals surface area contributed by atoms with Crippen LogP contribution >= 0.6 is 11.6 Å². The number of nitrogens with one attached hydrogen (secondary N) is 1. The number of nitrogens with zero attached hydrogens (tertiary/aromatic N) is 1. The van der Waals surface area contributed by atoms with Crippen LogP contribution in [0.1, 0.15) is 42.5 Å². The Balaban J connectivity index is 1.95. The van der Waals surface area contributed by atoms with E-state index >= 15 is 0 Å². The molecule has 2 aromatic carbocycles. The third kappa shape index (κ3) is 5.17. The molecule has 0 aliphatic carbocycles. The van der Waals surface area contributed by atoms with E-state index in [0.717, 1.165) is 22.3 Å². The lowest BCUT2D eigenvalue weighted by molar-refractivity contribution is -0.137. The van der Waals surface area contributed by atoms with E-state index in [9.17, 15) is 9.59 Å². The van der Waals surface area contributed by atoms with Crippen LogP contribution in [-0.4, -0.2) is 36.0 Å². The van der Waals surface area contributed by atoms with Crippen molar-refractivity contribution >= 4 is 34.7 Å². The van der Waals surface area contributed by atoms with Gasteiger partial charge in [-0.1, -0.05) is 35.9 Å². The van der Waals surface area contributed by atoms with Crippen molar-refractivity contribution in [1.29, 1.82) is 0 Å². The van der Waals surface area contributed by atoms with E-state index in [1.807, 2.05) is 65.0 Å². The summed E-state index contributed by atoms with van der Waals surface area (Å²) in [4.78, 5) is 27.8. The molecule has 0 fully saturated rings. The molecule has 31 heavy (non-hydrogen) atoms. The summed E-state index contributed by atoms with van der Waals surface area (Å²) in [6.45, 7) is 10.6. The molecule has 1 heterocycles. The SMILES string of the molecule is Cc1ccc(C2=C(Nc3ccc(C)c(Cl)c3)C(=O)N(CCCOC(C)C)C2=O)cc1C. The molecule has 0 bridgehead atoms. The number of rotatable bonds is 8. The van der Waals surface area contributed by atoms with E-state index in [1.54, 1.807) is 6.07 Å². The van der Waals surface area contributed by atoms with Gasteiger partial charge < -0.3 is 10.1 Å². The van der Waals surface area contributed by atoms with Crippen molar-refractivity contribution in [3.8, 4) is 0 Å². The zero-order chi connectivity index (χ0) is 22.7. The van der Waals surface area contributed by atoms with Crippen LogP contribution in [0.25, 0.3) is 5.57 Å². The molecule has 0 aromatic heterocycles. The fraction of sp³-hybridized carbons (Fsp3) is 0.360. The van der Waals surface area contributed by atoms with Crippen LogP contribution in [0.3, 0.4) is 0 Å². The molecule has 1 aliphatic rings. The summed E-state index contributed by atoms with van der Waals surface area (Å²) in [5.74, 6) is -0.627. The van der Waals surface area contributed by atoms with Crippen molar-refractivity contribution in [1.82, 2.24) is 4.90 Å². The van der Waals surface area contributed by atoms with E-state index in [0.29, 0.717) is 35.9 Å². The summed E-state index contributed by atoms with van der Waals surface area (Å²) in [5, 5.41) is 3.76. The second-order valence-electron chi connectivity index (χ2n) is 8.17. The predicted octanol–water partition coefficient (Wildman–Crippen LogP) is 5.27. The van der Waals surface area contributed by atoms with Gasteiger partial charge in [0.25, 0.3) is 11.8 Å². The lowest BCUT2D eigenvalue weighted by atomic mass is 9.99.